The molecule has 2 N–H and O–H groups in total. The average molecular weight is 396 g/mol. The van der Waals surface area contributed by atoms with E-state index < -0.39 is 12.4 Å². The first-order valence-corrected chi connectivity index (χ1v) is 9.50. The van der Waals surface area contributed by atoms with Crippen molar-refractivity contribution in [1.29, 1.82) is 0 Å². The van der Waals surface area contributed by atoms with Gasteiger partial charge in [-0.1, -0.05) is 13.0 Å². The van der Waals surface area contributed by atoms with E-state index >= 15 is 0 Å². The highest BCUT2D eigenvalue weighted by atomic mass is 32.2. The first-order chi connectivity index (χ1) is 12.9. The molecule has 144 valence electrons. The molecular weight excluding hydrogens is 377 g/mol. The average Bonchev–Trinajstić information content (AvgIpc) is 2.61. The molecule has 1 aliphatic rings. The Kier molecular flexibility index (Phi) is 5.96. The van der Waals surface area contributed by atoms with E-state index in [1.165, 1.54) is 29.2 Å². The second kappa shape index (κ2) is 8.22. The molecule has 3 rings (SSSR count). The number of amides is 1. The van der Waals surface area contributed by atoms with E-state index in [1.807, 2.05) is 12.1 Å². The molecule has 1 amide bonds. The normalized spacial score (nSPS) is 16.5. The van der Waals surface area contributed by atoms with Crippen molar-refractivity contribution in [3.05, 3.63) is 53.6 Å². The summed E-state index contributed by atoms with van der Waals surface area (Å²) in [6.45, 7) is 2.77. The number of alkyl halides is 3. The van der Waals surface area contributed by atoms with Crippen LogP contribution < -0.4 is 15.4 Å². The molecule has 8 heteroatoms. The SMILES string of the molecule is CCSc1ccc2c(c1)CCNC2C(=O)Nc1ccc(OC(F)(F)F)cc1. The summed E-state index contributed by atoms with van der Waals surface area (Å²) in [6.07, 6.45) is -3.89. The lowest BCUT2D eigenvalue weighted by Crippen LogP contribution is -2.38. The van der Waals surface area contributed by atoms with Crippen LogP contribution in [0.1, 0.15) is 24.1 Å². The van der Waals surface area contributed by atoms with Crippen LogP contribution in [0.4, 0.5) is 18.9 Å². The number of hydrogen-bond acceptors (Lipinski definition) is 4. The van der Waals surface area contributed by atoms with Crippen LogP contribution >= 0.6 is 11.8 Å². The number of halogens is 3. The molecule has 0 fully saturated rings. The van der Waals surface area contributed by atoms with Gasteiger partial charge in [0, 0.05) is 17.1 Å². The van der Waals surface area contributed by atoms with E-state index in [2.05, 4.69) is 28.4 Å². The van der Waals surface area contributed by atoms with Crippen LogP contribution in [0.5, 0.6) is 5.75 Å². The fraction of sp³-hybridized carbons (Fsp3) is 0.316. The summed E-state index contributed by atoms with van der Waals surface area (Å²) in [7, 11) is 0. The quantitative estimate of drug-likeness (QED) is 0.730. The fourth-order valence-electron chi connectivity index (χ4n) is 2.99. The van der Waals surface area contributed by atoms with Gasteiger partial charge in [-0.25, -0.2) is 0 Å². The topological polar surface area (TPSA) is 50.4 Å². The van der Waals surface area contributed by atoms with E-state index in [9.17, 15) is 18.0 Å². The summed E-state index contributed by atoms with van der Waals surface area (Å²) >= 11 is 1.75. The number of carbonyl (C=O) groups is 1. The largest absolute Gasteiger partial charge is 0.573 e. The highest BCUT2D eigenvalue weighted by molar-refractivity contribution is 7.99. The Morgan fingerprint density at radius 2 is 2.00 bits per heavy atom. The van der Waals surface area contributed by atoms with Crippen molar-refractivity contribution >= 4 is 23.4 Å². The molecule has 0 aliphatic carbocycles. The zero-order chi connectivity index (χ0) is 19.4. The Bertz CT molecular complexity index is 810. The van der Waals surface area contributed by atoms with Gasteiger partial charge in [0.05, 0.1) is 0 Å². The number of ether oxygens (including phenoxy) is 1. The minimum atomic E-state index is -4.74. The highest BCUT2D eigenvalue weighted by Crippen LogP contribution is 2.29. The molecule has 0 radical (unpaired) electrons. The van der Waals surface area contributed by atoms with Gasteiger partial charge in [0.1, 0.15) is 11.8 Å². The number of hydrogen-bond donors (Lipinski definition) is 2. The van der Waals surface area contributed by atoms with Crippen molar-refractivity contribution in [3.8, 4) is 5.75 Å². The summed E-state index contributed by atoms with van der Waals surface area (Å²) in [6, 6.07) is 10.7. The maximum Gasteiger partial charge on any atom is 0.573 e. The second-order valence-corrected chi connectivity index (χ2v) is 7.33. The van der Waals surface area contributed by atoms with Crippen molar-refractivity contribution in [1.82, 2.24) is 5.32 Å². The third-order valence-electron chi connectivity index (χ3n) is 4.10. The van der Waals surface area contributed by atoms with Gasteiger partial charge in [-0.05, 0) is 59.7 Å². The fourth-order valence-corrected chi connectivity index (χ4v) is 3.71. The molecule has 27 heavy (non-hydrogen) atoms. The first kappa shape index (κ1) is 19.6. The van der Waals surface area contributed by atoms with Crippen molar-refractivity contribution in [3.63, 3.8) is 0 Å². The summed E-state index contributed by atoms with van der Waals surface area (Å²) in [5, 5.41) is 5.94. The van der Waals surface area contributed by atoms with Gasteiger partial charge in [-0.3, -0.25) is 4.79 Å². The van der Waals surface area contributed by atoms with Gasteiger partial charge < -0.3 is 15.4 Å². The van der Waals surface area contributed by atoms with Gasteiger partial charge in [-0.15, -0.1) is 24.9 Å². The number of nitrogens with one attached hydrogen (secondary N) is 2. The van der Waals surface area contributed by atoms with E-state index in [0.717, 1.165) is 23.3 Å². The highest BCUT2D eigenvalue weighted by Gasteiger charge is 2.31. The third kappa shape index (κ3) is 5.17. The Morgan fingerprint density at radius 3 is 2.67 bits per heavy atom. The molecule has 1 heterocycles. The molecule has 1 atom stereocenters. The van der Waals surface area contributed by atoms with Crippen molar-refractivity contribution in [2.24, 2.45) is 0 Å². The summed E-state index contributed by atoms with van der Waals surface area (Å²) in [5.41, 5.74) is 2.47. The minimum Gasteiger partial charge on any atom is -0.406 e. The van der Waals surface area contributed by atoms with Crippen molar-refractivity contribution < 1.29 is 22.7 Å². The number of fused-ring (bicyclic) bond motifs is 1. The van der Waals surface area contributed by atoms with Gasteiger partial charge in [0.2, 0.25) is 5.91 Å². The summed E-state index contributed by atoms with van der Waals surface area (Å²) in [5.74, 6) is 0.397. The van der Waals surface area contributed by atoms with Gasteiger partial charge >= 0.3 is 6.36 Å². The van der Waals surface area contributed by atoms with Crippen LogP contribution in [0.3, 0.4) is 0 Å². The maximum absolute atomic E-state index is 12.7. The van der Waals surface area contributed by atoms with Crippen LogP contribution in [0.2, 0.25) is 0 Å². The van der Waals surface area contributed by atoms with Crippen LogP contribution in [0.15, 0.2) is 47.4 Å². The Labute approximate surface area is 159 Å². The number of rotatable bonds is 5. The number of carbonyl (C=O) groups excluding carboxylic acids is 1. The van der Waals surface area contributed by atoms with Crippen molar-refractivity contribution in [2.45, 2.75) is 30.6 Å². The molecular formula is C19H19F3N2O2S. The molecule has 4 nitrogen and oxygen atoms in total. The van der Waals surface area contributed by atoms with Gasteiger partial charge in [-0.2, -0.15) is 0 Å². The van der Waals surface area contributed by atoms with Crippen LogP contribution in [-0.2, 0) is 11.2 Å². The lowest BCUT2D eigenvalue weighted by molar-refractivity contribution is -0.274. The van der Waals surface area contributed by atoms with E-state index in [0.29, 0.717) is 12.2 Å². The summed E-state index contributed by atoms with van der Waals surface area (Å²) < 4.78 is 40.5. The molecule has 2 aromatic rings. The monoisotopic (exact) mass is 396 g/mol. The number of thioether (sulfide) groups is 1. The van der Waals surface area contributed by atoms with Gasteiger partial charge in [0.25, 0.3) is 0 Å². The Morgan fingerprint density at radius 1 is 1.26 bits per heavy atom. The maximum atomic E-state index is 12.7. The zero-order valence-electron chi connectivity index (χ0n) is 14.6. The molecule has 0 bridgehead atoms. The summed E-state index contributed by atoms with van der Waals surface area (Å²) in [4.78, 5) is 13.8. The third-order valence-corrected chi connectivity index (χ3v) is 4.97. The first-order valence-electron chi connectivity index (χ1n) is 8.51. The van der Waals surface area contributed by atoms with Crippen LogP contribution in [0, 0.1) is 0 Å². The zero-order valence-corrected chi connectivity index (χ0v) is 15.4. The predicted molar refractivity (Wildman–Crippen MR) is 99.0 cm³/mol. The Balaban J connectivity index is 1.70. The van der Waals surface area contributed by atoms with E-state index in [-0.39, 0.29) is 11.7 Å². The second-order valence-electron chi connectivity index (χ2n) is 5.99. The standard InChI is InChI=1S/C19H19F3N2O2S/c1-2-27-15-7-8-16-12(11-15)9-10-23-17(16)18(25)24-13-3-5-14(6-4-13)26-19(20,21)22/h3-8,11,17,23H,2,9-10H2,1H3,(H,24,25). The molecule has 0 spiro atoms. The molecule has 0 saturated carbocycles. The lowest BCUT2D eigenvalue weighted by Gasteiger charge is -2.26. The van der Waals surface area contributed by atoms with Crippen molar-refractivity contribution in [2.75, 3.05) is 17.6 Å². The van der Waals surface area contributed by atoms with E-state index in [4.69, 9.17) is 0 Å². The van der Waals surface area contributed by atoms with Crippen LogP contribution in [0.25, 0.3) is 0 Å². The predicted octanol–water partition coefficient (Wildman–Crippen LogP) is 4.52. The number of benzene rings is 2. The molecule has 1 aliphatic heterocycles. The lowest BCUT2D eigenvalue weighted by atomic mass is 9.94. The molecule has 0 saturated heterocycles. The number of anilines is 1. The minimum absolute atomic E-state index is 0.253. The molecule has 0 aromatic heterocycles. The van der Waals surface area contributed by atoms with E-state index in [1.54, 1.807) is 11.8 Å². The van der Waals surface area contributed by atoms with Crippen LogP contribution in [-0.4, -0.2) is 24.6 Å². The molecule has 1 unspecified atom stereocenters. The van der Waals surface area contributed by atoms with Gasteiger partial charge in [0.15, 0.2) is 0 Å². The smallest absolute Gasteiger partial charge is 0.406 e. The molecule has 2 aromatic carbocycles. The Hall–Kier alpha value is -2.19.